The van der Waals surface area contributed by atoms with E-state index in [0.29, 0.717) is 12.5 Å². The van der Waals surface area contributed by atoms with Crippen molar-refractivity contribution in [1.29, 1.82) is 0 Å². The van der Waals surface area contributed by atoms with Crippen LogP contribution in [0.4, 0.5) is 0 Å². The smallest absolute Gasteiger partial charge is 0.302 e. The Labute approximate surface area is 93.7 Å². The standard InChI is InChI=1S/C13H24O2/c1-5-6-7-11(2)10-12(3)8-9-15-13(4)14/h7,12H,5-6,8-10H2,1-4H3. The Morgan fingerprint density at radius 2 is 2.07 bits per heavy atom. The van der Waals surface area contributed by atoms with Crippen LogP contribution in [0, 0.1) is 5.92 Å². The summed E-state index contributed by atoms with van der Waals surface area (Å²) < 4.78 is 4.92. The molecular formula is C13H24O2. The Kier molecular flexibility index (Phi) is 8.06. The van der Waals surface area contributed by atoms with Crippen LogP contribution in [0.1, 0.15) is 53.4 Å². The second-order valence-corrected chi connectivity index (χ2v) is 4.28. The molecule has 0 radical (unpaired) electrons. The Bertz CT molecular complexity index is 207. The molecule has 0 saturated carbocycles. The molecule has 0 aliphatic carbocycles. The lowest BCUT2D eigenvalue weighted by atomic mass is 9.98. The third-order valence-corrected chi connectivity index (χ3v) is 2.37. The fourth-order valence-corrected chi connectivity index (χ4v) is 1.53. The maximum atomic E-state index is 10.6. The molecule has 0 rings (SSSR count). The van der Waals surface area contributed by atoms with Crippen molar-refractivity contribution in [1.82, 2.24) is 0 Å². The van der Waals surface area contributed by atoms with E-state index >= 15 is 0 Å². The van der Waals surface area contributed by atoms with Crippen LogP contribution in [0.25, 0.3) is 0 Å². The molecule has 0 spiro atoms. The number of carbonyl (C=O) groups excluding carboxylic acids is 1. The van der Waals surface area contributed by atoms with Gasteiger partial charge in [0.2, 0.25) is 0 Å². The van der Waals surface area contributed by atoms with Crippen LogP contribution in [0.3, 0.4) is 0 Å². The molecule has 2 heteroatoms. The molecule has 0 saturated heterocycles. The number of carbonyl (C=O) groups is 1. The molecule has 0 fully saturated rings. The predicted octanol–water partition coefficient (Wildman–Crippen LogP) is 3.71. The molecule has 0 aliphatic rings. The van der Waals surface area contributed by atoms with Crippen LogP contribution in [0.5, 0.6) is 0 Å². The molecule has 0 bridgehead atoms. The van der Waals surface area contributed by atoms with Crippen LogP contribution in [0.2, 0.25) is 0 Å². The lowest BCUT2D eigenvalue weighted by molar-refractivity contribution is -0.141. The summed E-state index contributed by atoms with van der Waals surface area (Å²) in [5.41, 5.74) is 1.45. The van der Waals surface area contributed by atoms with Gasteiger partial charge in [0, 0.05) is 6.92 Å². The van der Waals surface area contributed by atoms with Gasteiger partial charge in [-0.15, -0.1) is 0 Å². The van der Waals surface area contributed by atoms with Crippen molar-refractivity contribution in [2.75, 3.05) is 6.61 Å². The minimum absolute atomic E-state index is 0.180. The third kappa shape index (κ3) is 9.51. The second-order valence-electron chi connectivity index (χ2n) is 4.28. The van der Waals surface area contributed by atoms with Crippen LogP contribution in [0.15, 0.2) is 11.6 Å². The molecule has 0 amide bonds. The minimum Gasteiger partial charge on any atom is -0.466 e. The van der Waals surface area contributed by atoms with Gasteiger partial charge >= 0.3 is 5.97 Å². The monoisotopic (exact) mass is 212 g/mol. The van der Waals surface area contributed by atoms with E-state index in [4.69, 9.17) is 4.74 Å². The zero-order valence-corrected chi connectivity index (χ0v) is 10.5. The van der Waals surface area contributed by atoms with Crippen molar-refractivity contribution >= 4 is 5.97 Å². The van der Waals surface area contributed by atoms with Crippen LogP contribution >= 0.6 is 0 Å². The Balaban J connectivity index is 3.63. The summed E-state index contributed by atoms with van der Waals surface area (Å²) in [6.07, 6.45) is 6.75. The maximum absolute atomic E-state index is 10.6. The highest BCUT2D eigenvalue weighted by atomic mass is 16.5. The van der Waals surface area contributed by atoms with Gasteiger partial charge in [-0.3, -0.25) is 4.79 Å². The Morgan fingerprint density at radius 3 is 2.60 bits per heavy atom. The third-order valence-electron chi connectivity index (χ3n) is 2.37. The summed E-state index contributed by atoms with van der Waals surface area (Å²) in [6.45, 7) is 8.58. The molecule has 0 aromatic heterocycles. The topological polar surface area (TPSA) is 26.3 Å². The Morgan fingerprint density at radius 1 is 1.40 bits per heavy atom. The fraction of sp³-hybridized carbons (Fsp3) is 0.769. The summed E-state index contributed by atoms with van der Waals surface area (Å²) in [6, 6.07) is 0. The van der Waals surface area contributed by atoms with E-state index in [1.54, 1.807) is 0 Å². The molecule has 88 valence electrons. The number of hydrogen-bond acceptors (Lipinski definition) is 2. The molecule has 1 unspecified atom stereocenters. The van der Waals surface area contributed by atoms with Gasteiger partial charge in [0.1, 0.15) is 0 Å². The summed E-state index contributed by atoms with van der Waals surface area (Å²) in [7, 11) is 0. The van der Waals surface area contributed by atoms with E-state index in [2.05, 4.69) is 26.8 Å². The highest BCUT2D eigenvalue weighted by Crippen LogP contribution is 2.15. The van der Waals surface area contributed by atoms with Gasteiger partial charge in [-0.2, -0.15) is 0 Å². The average Bonchev–Trinajstić information content (AvgIpc) is 2.14. The zero-order chi connectivity index (χ0) is 11.7. The lowest BCUT2D eigenvalue weighted by Crippen LogP contribution is -2.05. The van der Waals surface area contributed by atoms with Crippen molar-refractivity contribution in [3.05, 3.63) is 11.6 Å². The lowest BCUT2D eigenvalue weighted by Gasteiger charge is -2.11. The van der Waals surface area contributed by atoms with Gasteiger partial charge in [-0.1, -0.05) is 31.9 Å². The van der Waals surface area contributed by atoms with Crippen molar-refractivity contribution in [3.63, 3.8) is 0 Å². The highest BCUT2D eigenvalue weighted by Gasteiger charge is 2.03. The summed E-state index contributed by atoms with van der Waals surface area (Å²) in [4.78, 5) is 10.6. The normalized spacial score (nSPS) is 13.7. The van der Waals surface area contributed by atoms with Crippen molar-refractivity contribution in [2.24, 2.45) is 5.92 Å². The summed E-state index contributed by atoms with van der Waals surface area (Å²) in [5.74, 6) is 0.415. The Hall–Kier alpha value is -0.790. The van der Waals surface area contributed by atoms with Gasteiger partial charge in [0.05, 0.1) is 6.61 Å². The first kappa shape index (κ1) is 14.2. The van der Waals surface area contributed by atoms with E-state index in [1.165, 1.54) is 25.3 Å². The molecule has 2 nitrogen and oxygen atoms in total. The predicted molar refractivity (Wildman–Crippen MR) is 63.7 cm³/mol. The van der Waals surface area contributed by atoms with E-state index < -0.39 is 0 Å². The van der Waals surface area contributed by atoms with Crippen LogP contribution in [-0.2, 0) is 9.53 Å². The maximum Gasteiger partial charge on any atom is 0.302 e. The van der Waals surface area contributed by atoms with E-state index in [-0.39, 0.29) is 5.97 Å². The second kappa shape index (κ2) is 8.51. The number of hydrogen-bond donors (Lipinski definition) is 0. The molecule has 0 aliphatic heterocycles. The first-order chi connectivity index (χ1) is 7.06. The number of allylic oxidation sites excluding steroid dienone is 2. The van der Waals surface area contributed by atoms with Gasteiger partial charge in [0.15, 0.2) is 0 Å². The van der Waals surface area contributed by atoms with E-state index in [0.717, 1.165) is 12.8 Å². The van der Waals surface area contributed by atoms with Crippen molar-refractivity contribution < 1.29 is 9.53 Å². The zero-order valence-electron chi connectivity index (χ0n) is 10.5. The number of ether oxygens (including phenoxy) is 1. The SMILES string of the molecule is CCCC=C(C)CC(C)CCOC(C)=O. The number of rotatable bonds is 7. The molecule has 0 aromatic rings. The molecule has 0 aromatic carbocycles. The van der Waals surface area contributed by atoms with Gasteiger partial charge in [-0.05, 0) is 32.1 Å². The molecule has 0 heterocycles. The van der Waals surface area contributed by atoms with Crippen molar-refractivity contribution in [2.45, 2.75) is 53.4 Å². The average molecular weight is 212 g/mol. The number of esters is 1. The first-order valence-electron chi connectivity index (χ1n) is 5.85. The molecule has 0 N–H and O–H groups in total. The van der Waals surface area contributed by atoms with Gasteiger partial charge < -0.3 is 4.74 Å². The fourth-order valence-electron chi connectivity index (χ4n) is 1.53. The largest absolute Gasteiger partial charge is 0.466 e. The van der Waals surface area contributed by atoms with Crippen LogP contribution in [-0.4, -0.2) is 12.6 Å². The molecular weight excluding hydrogens is 188 g/mol. The summed E-state index contributed by atoms with van der Waals surface area (Å²) in [5, 5.41) is 0. The minimum atomic E-state index is -0.180. The van der Waals surface area contributed by atoms with Crippen molar-refractivity contribution in [3.8, 4) is 0 Å². The number of unbranched alkanes of at least 4 members (excludes halogenated alkanes) is 1. The van der Waals surface area contributed by atoms with Crippen LogP contribution < -0.4 is 0 Å². The quantitative estimate of drug-likeness (QED) is 0.475. The highest BCUT2D eigenvalue weighted by molar-refractivity contribution is 5.65. The van der Waals surface area contributed by atoms with E-state index in [9.17, 15) is 4.79 Å². The summed E-state index contributed by atoms with van der Waals surface area (Å²) >= 11 is 0. The van der Waals surface area contributed by atoms with E-state index in [1.807, 2.05) is 0 Å². The molecule has 1 atom stereocenters. The van der Waals surface area contributed by atoms with Gasteiger partial charge in [-0.25, -0.2) is 0 Å². The van der Waals surface area contributed by atoms with Gasteiger partial charge in [0.25, 0.3) is 0 Å². The first-order valence-corrected chi connectivity index (χ1v) is 5.85. The molecule has 15 heavy (non-hydrogen) atoms.